The van der Waals surface area contributed by atoms with Crippen molar-refractivity contribution in [3.63, 3.8) is 0 Å². The Balaban J connectivity index is 1.77. The minimum absolute atomic E-state index is 0.00713. The number of ether oxygens (including phenoxy) is 3. The second-order valence-corrected chi connectivity index (χ2v) is 8.71. The van der Waals surface area contributed by atoms with Crippen LogP contribution < -0.4 is 9.47 Å². The van der Waals surface area contributed by atoms with Crippen LogP contribution in [-0.4, -0.2) is 47.9 Å². The number of methoxy groups -OCH3 is 1. The number of nitrogens with zero attached hydrogens (tertiary/aromatic N) is 4. The maximum Gasteiger partial charge on any atom is 0.336 e. The number of rotatable bonds is 12. The summed E-state index contributed by atoms with van der Waals surface area (Å²) in [6.07, 6.45) is -0.437. The number of carboxylic acid groups (broad SMARTS) is 1. The number of aliphatic hydroxyl groups excluding tert-OH is 1. The molecular weight excluding hydrogens is 488 g/mol. The SMILES string of the molecule is COc1cccc([C@H]2OC(c3ccc(OCCCO)cc3)=N[C@@]2(Cc2ccccc2CN=[N+]=[N-])C(=O)O)c1. The topological polar surface area (TPSA) is 146 Å². The van der Waals surface area contributed by atoms with Crippen LogP contribution in [0.4, 0.5) is 0 Å². The lowest BCUT2D eigenvalue weighted by atomic mass is 9.81. The van der Waals surface area contributed by atoms with Crippen LogP contribution in [0.2, 0.25) is 0 Å². The number of hydrogen-bond acceptors (Lipinski definition) is 7. The van der Waals surface area contributed by atoms with Crippen molar-refractivity contribution < 1.29 is 29.2 Å². The van der Waals surface area contributed by atoms with Gasteiger partial charge >= 0.3 is 5.97 Å². The molecule has 0 aromatic heterocycles. The molecule has 0 aliphatic carbocycles. The van der Waals surface area contributed by atoms with E-state index in [9.17, 15) is 9.90 Å². The summed E-state index contributed by atoms with van der Waals surface area (Å²) in [4.78, 5) is 20.6. The Bertz CT molecular complexity index is 1350. The third-order valence-electron chi connectivity index (χ3n) is 6.29. The van der Waals surface area contributed by atoms with Gasteiger partial charge in [-0.2, -0.15) is 0 Å². The average Bonchev–Trinajstić information content (AvgIpc) is 3.34. The molecule has 0 saturated heterocycles. The van der Waals surface area contributed by atoms with Crippen molar-refractivity contribution in [1.29, 1.82) is 0 Å². The van der Waals surface area contributed by atoms with E-state index in [0.717, 1.165) is 0 Å². The smallest absolute Gasteiger partial charge is 0.336 e. The Hall–Kier alpha value is -4.53. The molecule has 1 aliphatic rings. The molecule has 10 nitrogen and oxygen atoms in total. The van der Waals surface area contributed by atoms with E-state index >= 15 is 0 Å². The van der Waals surface area contributed by atoms with Crippen molar-refractivity contribution in [2.24, 2.45) is 10.1 Å². The predicted molar refractivity (Wildman–Crippen MR) is 140 cm³/mol. The molecule has 0 bridgehead atoms. The Kier molecular flexibility index (Phi) is 8.47. The molecule has 0 fully saturated rings. The largest absolute Gasteiger partial charge is 0.497 e. The number of carbonyl (C=O) groups is 1. The average molecular weight is 517 g/mol. The monoisotopic (exact) mass is 516 g/mol. The molecule has 0 amide bonds. The van der Waals surface area contributed by atoms with Crippen LogP contribution in [-0.2, 0) is 22.5 Å². The number of aliphatic carboxylic acids is 1. The van der Waals surface area contributed by atoms with Gasteiger partial charge in [0.2, 0.25) is 11.4 Å². The maximum atomic E-state index is 13.0. The van der Waals surface area contributed by atoms with Crippen LogP contribution in [0.3, 0.4) is 0 Å². The molecule has 0 unspecified atom stereocenters. The van der Waals surface area contributed by atoms with Crippen LogP contribution in [0.25, 0.3) is 10.4 Å². The zero-order valence-electron chi connectivity index (χ0n) is 20.9. The number of carboxylic acids is 1. The number of azide groups is 1. The van der Waals surface area contributed by atoms with E-state index < -0.39 is 17.6 Å². The first-order chi connectivity index (χ1) is 18.5. The van der Waals surface area contributed by atoms with E-state index in [1.165, 1.54) is 7.11 Å². The summed E-state index contributed by atoms with van der Waals surface area (Å²) in [6.45, 7) is 0.502. The summed E-state index contributed by atoms with van der Waals surface area (Å²) in [6, 6.07) is 21.3. The highest BCUT2D eigenvalue weighted by atomic mass is 16.5. The van der Waals surface area contributed by atoms with Gasteiger partial charge in [-0.15, -0.1) is 0 Å². The molecule has 4 rings (SSSR count). The van der Waals surface area contributed by atoms with Crippen molar-refractivity contribution in [3.05, 3.63) is 105 Å². The Morgan fingerprint density at radius 2 is 1.87 bits per heavy atom. The molecule has 38 heavy (non-hydrogen) atoms. The first kappa shape index (κ1) is 26.5. The summed E-state index contributed by atoms with van der Waals surface area (Å²) in [7, 11) is 1.54. The predicted octanol–water partition coefficient (Wildman–Crippen LogP) is 4.85. The molecule has 1 aliphatic heterocycles. The third kappa shape index (κ3) is 5.72. The van der Waals surface area contributed by atoms with Gasteiger partial charge in [-0.05, 0) is 58.6 Å². The second-order valence-electron chi connectivity index (χ2n) is 8.71. The lowest BCUT2D eigenvalue weighted by Gasteiger charge is -2.28. The Labute approximate surface area is 219 Å². The molecule has 0 spiro atoms. The molecule has 196 valence electrons. The van der Waals surface area contributed by atoms with Gasteiger partial charge in [-0.25, -0.2) is 9.79 Å². The fourth-order valence-electron chi connectivity index (χ4n) is 4.35. The summed E-state index contributed by atoms with van der Waals surface area (Å²) in [5, 5.41) is 23.3. The Morgan fingerprint density at radius 1 is 1.11 bits per heavy atom. The molecule has 2 N–H and O–H groups in total. The van der Waals surface area contributed by atoms with Crippen LogP contribution in [0.1, 0.15) is 34.8 Å². The molecule has 10 heteroatoms. The van der Waals surface area contributed by atoms with Gasteiger partial charge in [0, 0.05) is 29.9 Å². The van der Waals surface area contributed by atoms with E-state index in [-0.39, 0.29) is 25.5 Å². The summed E-state index contributed by atoms with van der Waals surface area (Å²) in [5.74, 6) is 0.214. The zero-order valence-corrected chi connectivity index (χ0v) is 20.9. The van der Waals surface area contributed by atoms with Gasteiger partial charge < -0.3 is 24.4 Å². The van der Waals surface area contributed by atoms with Crippen LogP contribution in [0, 0.1) is 0 Å². The number of hydrogen-bond donors (Lipinski definition) is 2. The molecule has 3 aromatic rings. The van der Waals surface area contributed by atoms with Crippen molar-refractivity contribution in [1.82, 2.24) is 0 Å². The van der Waals surface area contributed by atoms with Gasteiger partial charge in [0.1, 0.15) is 11.5 Å². The Morgan fingerprint density at radius 3 is 2.55 bits per heavy atom. The van der Waals surface area contributed by atoms with E-state index in [2.05, 4.69) is 10.0 Å². The fourth-order valence-corrected chi connectivity index (χ4v) is 4.35. The number of benzene rings is 3. The van der Waals surface area contributed by atoms with Gasteiger partial charge in [0.15, 0.2) is 6.10 Å². The first-order valence-electron chi connectivity index (χ1n) is 12.1. The van der Waals surface area contributed by atoms with Crippen LogP contribution in [0.5, 0.6) is 11.5 Å². The van der Waals surface area contributed by atoms with Crippen LogP contribution in [0.15, 0.2) is 82.9 Å². The van der Waals surface area contributed by atoms with Crippen molar-refractivity contribution >= 4 is 11.9 Å². The standard InChI is InChI=1S/C28H28N4O6/c1-36-24-9-4-8-20(16-24)25-28(27(34)35,17-21-6-2-3-7-22(21)18-30-32-29)31-26(38-25)19-10-12-23(13-11-19)37-15-5-14-33/h2-4,6-13,16,25,33H,5,14-15,17-18H2,1H3,(H,34,35)/t25-,28-/m1/s1. The molecule has 1 heterocycles. The highest BCUT2D eigenvalue weighted by Crippen LogP contribution is 2.43. The van der Waals surface area contributed by atoms with Gasteiger partial charge in [0.05, 0.1) is 20.3 Å². The second kappa shape index (κ2) is 12.1. The van der Waals surface area contributed by atoms with Crippen molar-refractivity contribution in [3.8, 4) is 11.5 Å². The minimum atomic E-state index is -1.70. The fraction of sp³-hybridized carbons (Fsp3) is 0.286. The first-order valence-corrected chi connectivity index (χ1v) is 12.1. The molecule has 3 aromatic carbocycles. The summed E-state index contributed by atoms with van der Waals surface area (Å²) >= 11 is 0. The van der Waals surface area contributed by atoms with E-state index in [0.29, 0.717) is 46.8 Å². The lowest BCUT2D eigenvalue weighted by molar-refractivity contribution is -0.146. The zero-order chi connectivity index (χ0) is 27.0. The van der Waals surface area contributed by atoms with E-state index in [1.807, 2.05) is 12.1 Å². The molecule has 2 atom stereocenters. The quantitative estimate of drug-likeness (QED) is 0.152. The third-order valence-corrected chi connectivity index (χ3v) is 6.29. The summed E-state index contributed by atoms with van der Waals surface area (Å²) in [5.41, 5.74) is 9.71. The van der Waals surface area contributed by atoms with Gasteiger partial charge in [-0.3, -0.25) is 0 Å². The highest BCUT2D eigenvalue weighted by Gasteiger charge is 2.54. The van der Waals surface area contributed by atoms with E-state index in [1.54, 1.807) is 60.7 Å². The molecule has 0 saturated carbocycles. The van der Waals surface area contributed by atoms with Gasteiger partial charge in [0.25, 0.3) is 0 Å². The van der Waals surface area contributed by atoms with Crippen molar-refractivity contribution in [2.45, 2.75) is 31.0 Å². The lowest BCUT2D eigenvalue weighted by Crippen LogP contribution is -2.43. The van der Waals surface area contributed by atoms with E-state index in [4.69, 9.17) is 29.8 Å². The normalized spacial score (nSPS) is 18.2. The summed E-state index contributed by atoms with van der Waals surface area (Å²) < 4.78 is 17.3. The number of aliphatic imine (C=N–C) groups is 1. The van der Waals surface area contributed by atoms with Gasteiger partial charge in [-0.1, -0.05) is 41.5 Å². The van der Waals surface area contributed by atoms with Crippen LogP contribution >= 0.6 is 0 Å². The van der Waals surface area contributed by atoms with Crippen molar-refractivity contribution in [2.75, 3.05) is 20.3 Å². The molecular formula is C28H28N4O6. The maximum absolute atomic E-state index is 13.0. The highest BCUT2D eigenvalue weighted by molar-refractivity contribution is 5.99. The minimum Gasteiger partial charge on any atom is -0.497 e. The molecule has 0 radical (unpaired) electrons. The number of aliphatic hydroxyl groups is 1.